The highest BCUT2D eigenvalue weighted by Gasteiger charge is 2.27. The number of benzene rings is 1. The van der Waals surface area contributed by atoms with E-state index in [1.165, 1.54) is 0 Å². The summed E-state index contributed by atoms with van der Waals surface area (Å²) in [5.74, 6) is 0.699. The van der Waals surface area contributed by atoms with Gasteiger partial charge in [-0.05, 0) is 38.3 Å². The smallest absolute Gasteiger partial charge is 0.222 e. The summed E-state index contributed by atoms with van der Waals surface area (Å²) in [6, 6.07) is 6.85. The number of nitrogens with two attached hydrogens (primary N) is 1. The summed E-state index contributed by atoms with van der Waals surface area (Å²) in [7, 11) is -6.95. The van der Waals surface area contributed by atoms with E-state index in [9.17, 15) is 21.6 Å². The minimum Gasteiger partial charge on any atom is -0.343 e. The summed E-state index contributed by atoms with van der Waals surface area (Å²) in [6.45, 7) is 3.36. The van der Waals surface area contributed by atoms with Crippen LogP contribution in [0.2, 0.25) is 0 Å². The molecular formula is C21H30N4O5S2. The lowest BCUT2D eigenvalue weighted by Crippen LogP contribution is -2.38. The van der Waals surface area contributed by atoms with Crippen molar-refractivity contribution in [1.82, 2.24) is 14.5 Å². The number of hydrogen-bond acceptors (Lipinski definition) is 6. The second kappa shape index (κ2) is 10.1. The first-order chi connectivity index (χ1) is 15.0. The van der Waals surface area contributed by atoms with E-state index in [0.717, 1.165) is 24.2 Å². The Morgan fingerprint density at radius 1 is 1.09 bits per heavy atom. The molecule has 0 aliphatic carbocycles. The quantitative estimate of drug-likeness (QED) is 0.575. The molecule has 32 heavy (non-hydrogen) atoms. The van der Waals surface area contributed by atoms with Crippen LogP contribution >= 0.6 is 0 Å². The molecule has 176 valence electrons. The van der Waals surface area contributed by atoms with Gasteiger partial charge in [0.25, 0.3) is 0 Å². The highest BCUT2D eigenvalue weighted by molar-refractivity contribution is 7.91. The fourth-order valence-corrected chi connectivity index (χ4v) is 5.69. The molecule has 0 radical (unpaired) electrons. The summed E-state index contributed by atoms with van der Waals surface area (Å²) in [5, 5.41) is 4.98. The lowest BCUT2D eigenvalue weighted by molar-refractivity contribution is -0.132. The van der Waals surface area contributed by atoms with Crippen molar-refractivity contribution in [2.45, 2.75) is 50.0 Å². The zero-order valence-electron chi connectivity index (χ0n) is 18.2. The summed E-state index contributed by atoms with van der Waals surface area (Å²) < 4.78 is 49.2. The van der Waals surface area contributed by atoms with Crippen molar-refractivity contribution >= 4 is 25.8 Å². The highest BCUT2D eigenvalue weighted by atomic mass is 32.2. The minimum absolute atomic E-state index is 0.0131. The molecule has 11 heteroatoms. The topological polar surface area (TPSA) is 132 Å². The first-order valence-corrected chi connectivity index (χ1v) is 14.0. The van der Waals surface area contributed by atoms with Crippen LogP contribution in [0.4, 0.5) is 0 Å². The maximum atomic E-state index is 12.7. The maximum Gasteiger partial charge on any atom is 0.222 e. The summed E-state index contributed by atoms with van der Waals surface area (Å²) in [5.41, 5.74) is 1.01. The lowest BCUT2D eigenvalue weighted by atomic mass is 9.95. The van der Waals surface area contributed by atoms with E-state index in [0.29, 0.717) is 24.5 Å². The molecule has 1 aliphatic heterocycles. The van der Waals surface area contributed by atoms with Gasteiger partial charge in [-0.15, -0.1) is 0 Å². The van der Waals surface area contributed by atoms with Gasteiger partial charge in [-0.2, -0.15) is 0 Å². The molecule has 1 amide bonds. The van der Waals surface area contributed by atoms with Gasteiger partial charge in [0, 0.05) is 44.4 Å². The van der Waals surface area contributed by atoms with Gasteiger partial charge in [0.05, 0.1) is 16.4 Å². The van der Waals surface area contributed by atoms with E-state index in [-0.39, 0.29) is 36.2 Å². The summed E-state index contributed by atoms with van der Waals surface area (Å²) in [6.07, 6.45) is 5.30. The molecule has 1 aromatic heterocycles. The zero-order valence-corrected chi connectivity index (χ0v) is 19.8. The molecule has 1 fully saturated rings. The molecular weight excluding hydrogens is 452 g/mol. The molecule has 1 aromatic carbocycles. The summed E-state index contributed by atoms with van der Waals surface area (Å²) >= 11 is 0. The number of sulfone groups is 1. The second-order valence-corrected chi connectivity index (χ2v) is 12.1. The highest BCUT2D eigenvalue weighted by Crippen LogP contribution is 2.27. The van der Waals surface area contributed by atoms with E-state index in [1.807, 2.05) is 11.5 Å². The monoisotopic (exact) mass is 482 g/mol. The fraction of sp³-hybridized carbons (Fsp3) is 0.524. The Bertz CT molecular complexity index is 1130. The number of hydrogen-bond donors (Lipinski definition) is 1. The Morgan fingerprint density at radius 3 is 2.38 bits per heavy atom. The van der Waals surface area contributed by atoms with Crippen LogP contribution in [0.15, 0.2) is 41.6 Å². The van der Waals surface area contributed by atoms with Crippen molar-refractivity contribution in [2.24, 2.45) is 5.14 Å². The van der Waals surface area contributed by atoms with Crippen molar-refractivity contribution in [1.29, 1.82) is 0 Å². The number of primary sulfonamides is 1. The third-order valence-corrected chi connectivity index (χ3v) is 8.33. The average molecular weight is 483 g/mol. The van der Waals surface area contributed by atoms with Crippen LogP contribution in [0.3, 0.4) is 0 Å². The van der Waals surface area contributed by atoms with Crippen molar-refractivity contribution in [2.75, 3.05) is 24.6 Å². The zero-order chi connectivity index (χ0) is 23.4. The van der Waals surface area contributed by atoms with Crippen molar-refractivity contribution in [3.63, 3.8) is 0 Å². The Labute approximate surface area is 189 Å². The van der Waals surface area contributed by atoms with Crippen LogP contribution in [0.25, 0.3) is 0 Å². The van der Waals surface area contributed by atoms with Gasteiger partial charge in [0.2, 0.25) is 15.9 Å². The summed E-state index contributed by atoms with van der Waals surface area (Å²) in [4.78, 5) is 18.8. The molecule has 0 spiro atoms. The molecule has 1 saturated heterocycles. The molecule has 9 nitrogen and oxygen atoms in total. The van der Waals surface area contributed by atoms with Crippen molar-refractivity contribution in [3.8, 4) is 0 Å². The van der Waals surface area contributed by atoms with Crippen LogP contribution in [0, 0.1) is 6.92 Å². The number of piperidine rings is 1. The number of aryl methyl sites for hydroxylation is 2. The predicted molar refractivity (Wildman–Crippen MR) is 121 cm³/mol. The van der Waals surface area contributed by atoms with Crippen molar-refractivity contribution < 1.29 is 21.6 Å². The number of sulfonamides is 1. The number of likely N-dealkylation sites (tertiary alicyclic amines) is 1. The van der Waals surface area contributed by atoms with Gasteiger partial charge in [0.1, 0.15) is 5.82 Å². The third-order valence-electron chi connectivity index (χ3n) is 5.76. The molecule has 2 heterocycles. The number of nitrogens with zero attached hydrogens (tertiary/aromatic N) is 3. The SMILES string of the molecule is Cc1ccc(S(=O)(=O)CCn2ccnc2C2CCN(C(=O)CCCS(N)(=O)=O)CC2)cc1. The third kappa shape index (κ3) is 6.63. The largest absolute Gasteiger partial charge is 0.343 e. The molecule has 0 bridgehead atoms. The van der Waals surface area contributed by atoms with E-state index < -0.39 is 19.9 Å². The Kier molecular flexibility index (Phi) is 7.73. The Hall–Kier alpha value is -2.24. The number of carbonyl (C=O) groups is 1. The van der Waals surface area contributed by atoms with Crippen molar-refractivity contribution in [3.05, 3.63) is 48.0 Å². The first-order valence-electron chi connectivity index (χ1n) is 10.6. The van der Waals surface area contributed by atoms with Gasteiger partial charge in [-0.25, -0.2) is 27.0 Å². The molecule has 2 aromatic rings. The predicted octanol–water partition coefficient (Wildman–Crippen LogP) is 1.44. The standard InChI is InChI=1S/C21H30N4O5S2/c1-17-4-6-19(7-5-17)31(27,28)16-14-25-13-10-23-21(25)18-8-11-24(12-9-18)20(26)3-2-15-32(22,29)30/h4-7,10,13,18H,2-3,8-9,11-12,14-16H2,1H3,(H2,22,29,30). The van der Waals surface area contributed by atoms with E-state index >= 15 is 0 Å². The molecule has 2 N–H and O–H groups in total. The van der Waals surface area contributed by atoms with Gasteiger partial charge >= 0.3 is 0 Å². The van der Waals surface area contributed by atoms with Gasteiger partial charge in [-0.1, -0.05) is 17.7 Å². The van der Waals surface area contributed by atoms with Crippen LogP contribution < -0.4 is 5.14 Å². The molecule has 0 atom stereocenters. The normalized spacial score (nSPS) is 15.8. The van der Waals surface area contributed by atoms with E-state index in [2.05, 4.69) is 4.98 Å². The van der Waals surface area contributed by atoms with Gasteiger partial charge in [0.15, 0.2) is 9.84 Å². The van der Waals surface area contributed by atoms with Gasteiger partial charge in [-0.3, -0.25) is 4.79 Å². The molecule has 3 rings (SSSR count). The van der Waals surface area contributed by atoms with Crippen LogP contribution in [0.1, 0.15) is 43.0 Å². The average Bonchev–Trinajstić information content (AvgIpc) is 3.20. The minimum atomic E-state index is -3.55. The fourth-order valence-electron chi connectivity index (χ4n) is 3.92. The number of aromatic nitrogens is 2. The first kappa shape index (κ1) is 24.4. The van der Waals surface area contributed by atoms with Crippen LogP contribution in [0.5, 0.6) is 0 Å². The van der Waals surface area contributed by atoms with Crippen LogP contribution in [-0.4, -0.2) is 61.8 Å². The molecule has 1 aliphatic rings. The second-order valence-electron chi connectivity index (χ2n) is 8.24. The van der Waals surface area contributed by atoms with Gasteiger partial charge < -0.3 is 9.47 Å². The van der Waals surface area contributed by atoms with Crippen LogP contribution in [-0.2, 0) is 31.2 Å². The molecule has 0 saturated carbocycles. The van der Waals surface area contributed by atoms with E-state index in [4.69, 9.17) is 5.14 Å². The number of rotatable bonds is 9. The molecule has 0 unspecified atom stereocenters. The van der Waals surface area contributed by atoms with E-state index in [1.54, 1.807) is 41.6 Å². The lowest BCUT2D eigenvalue weighted by Gasteiger charge is -2.32. The Balaban J connectivity index is 1.54. The Morgan fingerprint density at radius 2 is 1.75 bits per heavy atom. The number of amides is 1. The maximum absolute atomic E-state index is 12.7. The number of carbonyl (C=O) groups excluding carboxylic acids is 1. The number of imidazole rings is 1.